The molecular formula is C16H17BCl2FN3O2. The first-order chi connectivity index (χ1) is 11.6. The smallest absolute Gasteiger partial charge is 0.398 e. The highest BCUT2D eigenvalue weighted by molar-refractivity contribution is 6.54. The van der Waals surface area contributed by atoms with E-state index in [0.717, 1.165) is 0 Å². The Hall–Kier alpha value is -1.41. The van der Waals surface area contributed by atoms with Gasteiger partial charge in [0.15, 0.2) is 0 Å². The lowest BCUT2D eigenvalue weighted by Gasteiger charge is -2.32. The van der Waals surface area contributed by atoms with Gasteiger partial charge in [-0.25, -0.2) is 9.07 Å². The molecule has 0 N–H and O–H groups in total. The molecule has 0 spiro atoms. The zero-order valence-corrected chi connectivity index (χ0v) is 15.8. The van der Waals surface area contributed by atoms with Gasteiger partial charge in [0.1, 0.15) is 11.4 Å². The predicted octanol–water partition coefficient (Wildman–Crippen LogP) is 4.52. The number of benzene rings is 1. The zero-order valence-electron chi connectivity index (χ0n) is 14.3. The van der Waals surface area contributed by atoms with Crippen LogP contribution in [-0.2, 0) is 9.31 Å². The summed E-state index contributed by atoms with van der Waals surface area (Å²) in [5.74, 6) is 0. The monoisotopic (exact) mass is 383 g/mol. The third-order valence-corrected chi connectivity index (χ3v) is 4.82. The Morgan fingerprint density at radius 3 is 2.24 bits per heavy atom. The Labute approximate surface area is 155 Å². The minimum atomic E-state index is -1.07. The largest absolute Gasteiger partial charge is 0.525 e. The van der Waals surface area contributed by atoms with Crippen LogP contribution in [0.25, 0.3) is 11.8 Å². The van der Waals surface area contributed by atoms with Crippen LogP contribution in [0.15, 0.2) is 30.1 Å². The van der Waals surface area contributed by atoms with E-state index in [0.29, 0.717) is 21.4 Å². The first-order valence-electron chi connectivity index (χ1n) is 7.69. The van der Waals surface area contributed by atoms with Gasteiger partial charge in [-0.15, -0.1) is 5.10 Å². The van der Waals surface area contributed by atoms with Gasteiger partial charge in [0, 0.05) is 10.0 Å². The Kier molecular flexibility index (Phi) is 4.70. The molecule has 0 aliphatic carbocycles. The number of halogens is 3. The van der Waals surface area contributed by atoms with Crippen LogP contribution in [0.2, 0.25) is 10.0 Å². The topological polar surface area (TPSA) is 49.2 Å². The summed E-state index contributed by atoms with van der Waals surface area (Å²) in [6.07, 6.45) is 2.80. The minimum absolute atomic E-state index is 0.323. The van der Waals surface area contributed by atoms with Gasteiger partial charge in [-0.3, -0.25) is 0 Å². The van der Waals surface area contributed by atoms with E-state index in [-0.39, 0.29) is 0 Å². The van der Waals surface area contributed by atoms with Gasteiger partial charge in [0.05, 0.1) is 23.1 Å². The molecule has 2 heterocycles. The SMILES string of the molecule is CC1(C)OB(C(F)=Cc2cn(-c3cc(Cl)cc(Cl)c3)nn2)OC1(C)C. The fourth-order valence-electron chi connectivity index (χ4n) is 2.31. The number of hydrogen-bond donors (Lipinski definition) is 0. The van der Waals surface area contributed by atoms with Crippen LogP contribution in [0, 0.1) is 0 Å². The summed E-state index contributed by atoms with van der Waals surface area (Å²) < 4.78 is 27.3. The van der Waals surface area contributed by atoms with Crippen molar-refractivity contribution in [1.82, 2.24) is 15.0 Å². The molecule has 1 aliphatic rings. The van der Waals surface area contributed by atoms with Crippen molar-refractivity contribution >= 4 is 36.4 Å². The fourth-order valence-corrected chi connectivity index (χ4v) is 2.82. The summed E-state index contributed by atoms with van der Waals surface area (Å²) in [7, 11) is -1.07. The molecule has 1 saturated heterocycles. The molecule has 0 atom stereocenters. The minimum Gasteiger partial charge on any atom is -0.398 e. The summed E-state index contributed by atoms with van der Waals surface area (Å²) in [6.45, 7) is 7.44. The Morgan fingerprint density at radius 2 is 1.68 bits per heavy atom. The van der Waals surface area contributed by atoms with Gasteiger partial charge in [0.2, 0.25) is 0 Å². The molecule has 0 amide bonds. The first kappa shape index (κ1) is 18.4. The molecule has 0 bridgehead atoms. The maximum absolute atomic E-state index is 14.5. The molecule has 9 heteroatoms. The number of nitrogens with zero attached hydrogens (tertiary/aromatic N) is 3. The van der Waals surface area contributed by atoms with Gasteiger partial charge >= 0.3 is 7.12 Å². The summed E-state index contributed by atoms with van der Waals surface area (Å²) in [5, 5.41) is 8.84. The molecule has 5 nitrogen and oxygen atoms in total. The Morgan fingerprint density at radius 1 is 1.12 bits per heavy atom. The Balaban J connectivity index is 1.82. The van der Waals surface area contributed by atoms with Crippen molar-refractivity contribution in [3.63, 3.8) is 0 Å². The number of aromatic nitrogens is 3. The highest BCUT2D eigenvalue weighted by Crippen LogP contribution is 2.39. The van der Waals surface area contributed by atoms with Gasteiger partial charge in [-0.05, 0) is 52.0 Å². The maximum Gasteiger partial charge on any atom is 0.525 e. The van der Waals surface area contributed by atoms with E-state index in [2.05, 4.69) is 10.3 Å². The molecule has 1 aliphatic heterocycles. The van der Waals surface area contributed by atoms with Crippen molar-refractivity contribution < 1.29 is 13.7 Å². The van der Waals surface area contributed by atoms with Gasteiger partial charge < -0.3 is 9.31 Å². The van der Waals surface area contributed by atoms with E-state index in [1.807, 2.05) is 27.7 Å². The van der Waals surface area contributed by atoms with Crippen molar-refractivity contribution in [2.45, 2.75) is 38.9 Å². The molecule has 2 aromatic rings. The summed E-state index contributed by atoms with van der Waals surface area (Å²) in [5.41, 5.74) is -0.852. The van der Waals surface area contributed by atoms with E-state index in [4.69, 9.17) is 32.5 Å². The van der Waals surface area contributed by atoms with E-state index < -0.39 is 24.0 Å². The van der Waals surface area contributed by atoms with Crippen molar-refractivity contribution in [3.05, 3.63) is 45.9 Å². The average molecular weight is 384 g/mol. The Bertz CT molecular complexity index is 802. The fraction of sp³-hybridized carbons (Fsp3) is 0.375. The highest BCUT2D eigenvalue weighted by Gasteiger charge is 2.53. The van der Waals surface area contributed by atoms with Crippen LogP contribution < -0.4 is 0 Å². The lowest BCUT2D eigenvalue weighted by atomic mass is 9.87. The second-order valence-electron chi connectivity index (χ2n) is 6.83. The molecule has 1 fully saturated rings. The van der Waals surface area contributed by atoms with Gasteiger partial charge in [-0.2, -0.15) is 0 Å². The van der Waals surface area contributed by atoms with Crippen molar-refractivity contribution in [2.75, 3.05) is 0 Å². The van der Waals surface area contributed by atoms with Crippen LogP contribution in [0.4, 0.5) is 4.39 Å². The quantitative estimate of drug-likeness (QED) is 0.731. The molecule has 0 unspecified atom stereocenters. The van der Waals surface area contributed by atoms with Gasteiger partial charge in [0.25, 0.3) is 0 Å². The van der Waals surface area contributed by atoms with E-state index in [1.165, 1.54) is 10.8 Å². The zero-order chi connectivity index (χ0) is 18.4. The van der Waals surface area contributed by atoms with Crippen LogP contribution in [-0.4, -0.2) is 33.3 Å². The van der Waals surface area contributed by atoms with Crippen LogP contribution >= 0.6 is 23.2 Å². The molecule has 25 heavy (non-hydrogen) atoms. The predicted molar refractivity (Wildman–Crippen MR) is 96.5 cm³/mol. The first-order valence-corrected chi connectivity index (χ1v) is 8.44. The van der Waals surface area contributed by atoms with Crippen molar-refractivity contribution in [1.29, 1.82) is 0 Å². The third-order valence-electron chi connectivity index (χ3n) is 4.39. The molecule has 132 valence electrons. The molecule has 0 radical (unpaired) electrons. The molecule has 1 aromatic heterocycles. The van der Waals surface area contributed by atoms with Crippen LogP contribution in [0.3, 0.4) is 0 Å². The second kappa shape index (κ2) is 6.39. The second-order valence-corrected chi connectivity index (χ2v) is 7.71. The lowest BCUT2D eigenvalue weighted by Crippen LogP contribution is -2.41. The van der Waals surface area contributed by atoms with Crippen LogP contribution in [0.5, 0.6) is 0 Å². The summed E-state index contributed by atoms with van der Waals surface area (Å²) in [4.78, 5) is 0. The number of hydrogen-bond acceptors (Lipinski definition) is 4. The van der Waals surface area contributed by atoms with Crippen molar-refractivity contribution in [2.24, 2.45) is 0 Å². The highest BCUT2D eigenvalue weighted by atomic mass is 35.5. The number of rotatable bonds is 3. The lowest BCUT2D eigenvalue weighted by molar-refractivity contribution is 0.00578. The third kappa shape index (κ3) is 3.74. The van der Waals surface area contributed by atoms with E-state index in [9.17, 15) is 4.39 Å². The maximum atomic E-state index is 14.5. The van der Waals surface area contributed by atoms with Gasteiger partial charge in [-0.1, -0.05) is 28.4 Å². The molecule has 0 saturated carbocycles. The average Bonchev–Trinajstić information content (AvgIpc) is 3.01. The molecule has 3 rings (SSSR count). The summed E-state index contributed by atoms with van der Waals surface area (Å²) in [6, 6.07) is 4.97. The van der Waals surface area contributed by atoms with Crippen molar-refractivity contribution in [3.8, 4) is 5.69 Å². The molecular weight excluding hydrogens is 367 g/mol. The standard InChI is InChI=1S/C16H17BCl2FN3O2/c1-15(2)16(3,4)25-17(24-15)14(20)8-12-9-23(22-21-12)13-6-10(18)5-11(19)7-13/h5-9H,1-4H3. The normalized spacial score (nSPS) is 19.5. The molecule has 1 aromatic carbocycles. The van der Waals surface area contributed by atoms with Crippen LogP contribution in [0.1, 0.15) is 33.4 Å². The van der Waals surface area contributed by atoms with E-state index in [1.54, 1.807) is 24.4 Å². The summed E-state index contributed by atoms with van der Waals surface area (Å²) >= 11 is 12.0. The van der Waals surface area contributed by atoms with E-state index >= 15 is 0 Å².